The molecule has 0 unspecified atom stereocenters. The number of nitrogens with zero attached hydrogens (tertiary/aromatic N) is 4. The molecule has 0 saturated heterocycles. The number of aromatic nitrogens is 2. The Kier molecular flexibility index (Phi) is 9.51. The standard InChI is InChI=1S/C76H38N4S4/c1-78-66-64(45-28-26-41-14-2-4-16-43(41)38-45)59(40-77)67(79-68-51(30-34-55-47-18-6-10-22-60(47)81-73(55)68)52-31-35-56-48-19-7-11-23-61(48)82-74(56)69(52)79)65(46-29-27-42-15-3-5-17-44(42)39-46)72(66)80-70-53(32-36-57-49-20-8-12-24-62(49)83-75(57)70)54-33-37-58-50-21-9-13-25-63(50)84-76(58)71(54)80/h2-39H. The molecule has 0 saturated carbocycles. The number of rotatable bonds is 4. The maximum atomic E-state index is 12.8. The molecule has 0 amide bonds. The van der Waals surface area contributed by atoms with Gasteiger partial charge in [0.15, 0.2) is 0 Å². The zero-order chi connectivity index (χ0) is 55.1. The van der Waals surface area contributed by atoms with E-state index in [0.29, 0.717) is 16.8 Å². The summed E-state index contributed by atoms with van der Waals surface area (Å²) in [5.74, 6) is 0. The number of benzene rings is 13. The highest BCUT2D eigenvalue weighted by Crippen LogP contribution is 2.57. The lowest BCUT2D eigenvalue weighted by atomic mass is 9.87. The Bertz CT molecular complexity index is 5720. The Morgan fingerprint density at radius 3 is 1.01 bits per heavy atom. The highest BCUT2D eigenvalue weighted by atomic mass is 32.1. The molecule has 386 valence electrons. The van der Waals surface area contributed by atoms with Gasteiger partial charge in [-0.2, -0.15) is 5.26 Å². The SMILES string of the molecule is [C-]#[N+]c1c(-c2ccc3ccccc3c2)c(C#N)c(-n2c3c(ccc4c5ccccc5sc43)c3ccc4c5ccccc5sc4c32)c(-c2ccc3ccccc3c2)c1-n1c2c(ccc3c4ccccc4sc32)c2ccc3c4ccccc4sc3c21. The molecule has 8 heteroatoms. The van der Waals surface area contributed by atoms with Gasteiger partial charge in [0.25, 0.3) is 0 Å². The van der Waals surface area contributed by atoms with Crippen LogP contribution in [0.2, 0.25) is 0 Å². The van der Waals surface area contributed by atoms with E-state index in [1.54, 1.807) is 0 Å². The lowest BCUT2D eigenvalue weighted by molar-refractivity contribution is 1.15. The van der Waals surface area contributed by atoms with Gasteiger partial charge in [-0.25, -0.2) is 4.85 Å². The topological polar surface area (TPSA) is 38.0 Å². The average Bonchev–Trinajstić information content (AvgIpc) is 3.30. The Morgan fingerprint density at radius 2 is 0.643 bits per heavy atom. The number of fused-ring (bicyclic) bond motifs is 24. The van der Waals surface area contributed by atoms with Crippen LogP contribution in [0, 0.1) is 17.9 Å². The largest absolute Gasteiger partial charge is 0.316 e. The van der Waals surface area contributed by atoms with E-state index in [-0.39, 0.29) is 0 Å². The van der Waals surface area contributed by atoms with Crippen LogP contribution in [0.5, 0.6) is 0 Å². The summed E-state index contributed by atoms with van der Waals surface area (Å²) in [6, 6.07) is 86.7. The molecule has 19 aromatic rings. The summed E-state index contributed by atoms with van der Waals surface area (Å²) in [6.07, 6.45) is 0. The minimum absolute atomic E-state index is 0.420. The van der Waals surface area contributed by atoms with Crippen LogP contribution >= 0.6 is 45.3 Å². The van der Waals surface area contributed by atoms with Crippen molar-refractivity contribution in [1.29, 1.82) is 5.26 Å². The van der Waals surface area contributed by atoms with Crippen molar-refractivity contribution in [3.8, 4) is 39.7 Å². The molecule has 0 bridgehead atoms. The number of nitriles is 1. The van der Waals surface area contributed by atoms with E-state index in [0.717, 1.165) is 112 Å². The van der Waals surface area contributed by atoms with Crippen LogP contribution in [0.25, 0.3) is 184 Å². The highest BCUT2D eigenvalue weighted by molar-refractivity contribution is 7.28. The summed E-state index contributed by atoms with van der Waals surface area (Å²) >= 11 is 7.26. The van der Waals surface area contributed by atoms with E-state index in [9.17, 15) is 11.8 Å². The van der Waals surface area contributed by atoms with Gasteiger partial charge in [-0.15, -0.1) is 45.3 Å². The van der Waals surface area contributed by atoms with Gasteiger partial charge in [-0.05, 0) is 69.1 Å². The Morgan fingerprint density at radius 1 is 0.321 bits per heavy atom. The zero-order valence-corrected chi connectivity index (χ0v) is 47.6. The minimum Gasteiger partial charge on any atom is -0.316 e. The first-order valence-electron chi connectivity index (χ1n) is 28.0. The Balaban J connectivity index is 1.14. The minimum atomic E-state index is 0.420. The molecule has 0 aliphatic carbocycles. The van der Waals surface area contributed by atoms with Gasteiger partial charge >= 0.3 is 0 Å². The third kappa shape index (κ3) is 6.16. The molecular formula is C76H38N4S4. The van der Waals surface area contributed by atoms with Crippen LogP contribution < -0.4 is 0 Å². The van der Waals surface area contributed by atoms with Gasteiger partial charge in [-0.3, -0.25) is 0 Å². The monoisotopic (exact) mass is 1130 g/mol. The maximum absolute atomic E-state index is 12.8. The normalized spacial score (nSPS) is 12.3. The van der Waals surface area contributed by atoms with Crippen molar-refractivity contribution in [3.63, 3.8) is 0 Å². The second-order valence-corrected chi connectivity index (χ2v) is 26.1. The number of hydrogen-bond acceptors (Lipinski definition) is 5. The first kappa shape index (κ1) is 46.4. The van der Waals surface area contributed by atoms with Gasteiger partial charge in [-0.1, -0.05) is 194 Å². The van der Waals surface area contributed by atoms with E-state index in [4.69, 9.17) is 4.85 Å². The summed E-state index contributed by atoms with van der Waals surface area (Å²) in [4.78, 5) is 4.88. The number of thiophene rings is 4. The summed E-state index contributed by atoms with van der Waals surface area (Å²) in [5, 5.41) is 31.0. The molecule has 0 N–H and O–H groups in total. The van der Waals surface area contributed by atoms with Crippen LogP contribution in [0.3, 0.4) is 0 Å². The molecule has 0 radical (unpaired) electrons. The van der Waals surface area contributed by atoms with E-state index in [1.807, 2.05) is 45.3 Å². The molecule has 6 aromatic heterocycles. The molecule has 6 heterocycles. The van der Waals surface area contributed by atoms with E-state index >= 15 is 0 Å². The van der Waals surface area contributed by atoms with E-state index in [2.05, 4.69) is 246 Å². The molecule has 0 aliphatic heterocycles. The molecular weight excluding hydrogens is 1100 g/mol. The van der Waals surface area contributed by atoms with Gasteiger partial charge in [0, 0.05) is 94.6 Å². The summed E-state index contributed by atoms with van der Waals surface area (Å²) in [5.41, 5.74) is 9.67. The quantitative estimate of drug-likeness (QED) is 0.162. The molecule has 0 atom stereocenters. The summed E-state index contributed by atoms with van der Waals surface area (Å²) in [6.45, 7) is 9.97. The summed E-state index contributed by atoms with van der Waals surface area (Å²) < 4.78 is 14.4. The first-order valence-corrected chi connectivity index (χ1v) is 31.2. The van der Waals surface area contributed by atoms with Crippen molar-refractivity contribution in [1.82, 2.24) is 9.13 Å². The molecule has 4 nitrogen and oxygen atoms in total. The maximum Gasteiger partial charge on any atom is 0.220 e. The van der Waals surface area contributed by atoms with Crippen molar-refractivity contribution >= 4 is 197 Å². The molecule has 0 aliphatic rings. The van der Waals surface area contributed by atoms with Crippen LogP contribution in [-0.2, 0) is 0 Å². The van der Waals surface area contributed by atoms with Crippen LogP contribution in [-0.4, -0.2) is 9.13 Å². The van der Waals surface area contributed by atoms with Crippen LogP contribution in [0.15, 0.2) is 231 Å². The van der Waals surface area contributed by atoms with Gasteiger partial charge < -0.3 is 9.13 Å². The Hall–Kier alpha value is -10.2. The van der Waals surface area contributed by atoms with Crippen molar-refractivity contribution in [2.45, 2.75) is 0 Å². The van der Waals surface area contributed by atoms with Crippen LogP contribution in [0.1, 0.15) is 5.56 Å². The average molecular weight is 1140 g/mol. The lowest BCUT2D eigenvalue weighted by Crippen LogP contribution is -2.09. The van der Waals surface area contributed by atoms with Crippen molar-refractivity contribution < 1.29 is 0 Å². The predicted octanol–water partition coefficient (Wildman–Crippen LogP) is 23.4. The predicted molar refractivity (Wildman–Crippen MR) is 364 cm³/mol. The van der Waals surface area contributed by atoms with E-state index < -0.39 is 0 Å². The smallest absolute Gasteiger partial charge is 0.220 e. The highest BCUT2D eigenvalue weighted by Gasteiger charge is 2.34. The van der Waals surface area contributed by atoms with Gasteiger partial charge in [0.05, 0.1) is 64.4 Å². The molecule has 0 spiro atoms. The van der Waals surface area contributed by atoms with Crippen molar-refractivity contribution in [2.24, 2.45) is 0 Å². The van der Waals surface area contributed by atoms with Gasteiger partial charge in [0.2, 0.25) is 5.69 Å². The number of hydrogen-bond donors (Lipinski definition) is 0. The fourth-order valence-electron chi connectivity index (χ4n) is 14.1. The Labute approximate surface area is 494 Å². The zero-order valence-electron chi connectivity index (χ0n) is 44.4. The van der Waals surface area contributed by atoms with Crippen molar-refractivity contribution in [3.05, 3.63) is 248 Å². The van der Waals surface area contributed by atoms with E-state index in [1.165, 1.54) is 61.9 Å². The fourth-order valence-corrected chi connectivity index (χ4v) is 19.1. The third-order valence-electron chi connectivity index (χ3n) is 17.7. The third-order valence-corrected chi connectivity index (χ3v) is 22.5. The second-order valence-electron chi connectivity index (χ2n) is 21.9. The molecule has 84 heavy (non-hydrogen) atoms. The fraction of sp³-hybridized carbons (Fsp3) is 0. The molecule has 0 fully saturated rings. The second kappa shape index (κ2) is 17.2. The first-order chi connectivity index (χ1) is 41.6. The molecule has 19 rings (SSSR count). The van der Waals surface area contributed by atoms with Crippen molar-refractivity contribution in [2.75, 3.05) is 0 Å². The van der Waals surface area contributed by atoms with Gasteiger partial charge in [0.1, 0.15) is 6.07 Å². The van der Waals surface area contributed by atoms with Crippen LogP contribution in [0.4, 0.5) is 5.69 Å². The lowest BCUT2D eigenvalue weighted by Gasteiger charge is -2.26. The molecule has 13 aromatic carbocycles. The summed E-state index contributed by atoms with van der Waals surface area (Å²) in [7, 11) is 0.